The van der Waals surface area contributed by atoms with Crippen LogP contribution in [0.5, 0.6) is 0 Å². The quantitative estimate of drug-likeness (QED) is 0.0803. The highest BCUT2D eigenvalue weighted by molar-refractivity contribution is 5.97. The third-order valence-corrected chi connectivity index (χ3v) is 8.84. The molecule has 0 fully saturated rings. The monoisotopic (exact) mass is 757 g/mol. The zero-order valence-electron chi connectivity index (χ0n) is 31.0. The molecule has 17 nitrogen and oxygen atoms in total. The summed E-state index contributed by atoms with van der Waals surface area (Å²) in [5.74, 6) is -9.59. The molecule has 2 aromatic rings. The van der Waals surface area contributed by atoms with Gasteiger partial charge in [0.2, 0.25) is 29.5 Å². The minimum atomic E-state index is -1.70. The first kappa shape index (κ1) is 44.6. The summed E-state index contributed by atoms with van der Waals surface area (Å²) < 4.78 is 0. The molecular formula is C37H51N5O12. The number of hydrogen-bond donors (Lipinski definition) is 9. The fraction of sp³-hybridized carbons (Fsp3) is 0.514. The summed E-state index contributed by atoms with van der Waals surface area (Å²) >= 11 is 0. The van der Waals surface area contributed by atoms with Crippen molar-refractivity contribution in [2.24, 2.45) is 11.8 Å². The predicted octanol–water partition coefficient (Wildman–Crippen LogP) is 0.703. The van der Waals surface area contributed by atoms with Crippen LogP contribution in [-0.4, -0.2) is 104 Å². The fourth-order valence-electron chi connectivity index (χ4n) is 5.49. The molecule has 5 amide bonds. The van der Waals surface area contributed by atoms with E-state index in [0.29, 0.717) is 12.0 Å². The first-order chi connectivity index (χ1) is 25.3. The Kier molecular flexibility index (Phi) is 17.5. The Balaban J connectivity index is 2.24. The number of carboxylic acid groups (broad SMARTS) is 3. The van der Waals surface area contributed by atoms with Crippen LogP contribution in [0.25, 0.3) is 10.8 Å². The smallest absolute Gasteiger partial charge is 0.326 e. The minimum Gasteiger partial charge on any atom is -0.481 e. The van der Waals surface area contributed by atoms with Gasteiger partial charge in [-0.3, -0.25) is 33.6 Å². The molecule has 0 aromatic heterocycles. The number of carboxylic acids is 3. The largest absolute Gasteiger partial charge is 0.481 e. The number of aliphatic hydroxyl groups excluding tert-OH is 1. The van der Waals surface area contributed by atoms with Crippen LogP contribution in [-0.2, 0) is 44.8 Å². The van der Waals surface area contributed by atoms with Gasteiger partial charge in [-0.25, -0.2) is 4.79 Å². The van der Waals surface area contributed by atoms with Crippen molar-refractivity contribution in [1.29, 1.82) is 0 Å². The average Bonchev–Trinajstić information content (AvgIpc) is 3.10. The Bertz CT molecular complexity index is 1680. The lowest BCUT2D eigenvalue weighted by Gasteiger charge is -2.29. The van der Waals surface area contributed by atoms with Crippen LogP contribution in [0.15, 0.2) is 42.5 Å². The Labute approximate surface area is 312 Å². The van der Waals surface area contributed by atoms with Gasteiger partial charge in [0.05, 0.1) is 12.5 Å². The summed E-state index contributed by atoms with van der Waals surface area (Å²) in [5.41, 5.74) is 0.695. The van der Waals surface area contributed by atoms with Gasteiger partial charge in [-0.1, -0.05) is 76.6 Å². The SMILES string of the molecule is CC[C@H](C)[C@H](NC(=O)[C@H](CCC(=O)O)NC(=O)[C@H](CCC(=O)O)NC(=O)[C@@H](NC(=O)[C@@H](NC(=O)Cc1ccc2ccccc2c1)C(C)C)[C@@H](C)O)C(=O)O. The number of benzene rings is 2. The number of fused-ring (bicyclic) bond motifs is 1. The summed E-state index contributed by atoms with van der Waals surface area (Å²) in [6.07, 6.45) is -3.51. The van der Waals surface area contributed by atoms with Gasteiger partial charge in [0.15, 0.2) is 0 Å². The van der Waals surface area contributed by atoms with Crippen LogP contribution in [0.3, 0.4) is 0 Å². The molecule has 17 heteroatoms. The molecule has 9 N–H and O–H groups in total. The Morgan fingerprint density at radius 3 is 1.61 bits per heavy atom. The van der Waals surface area contributed by atoms with E-state index < -0.39 is 121 Å². The van der Waals surface area contributed by atoms with Crippen LogP contribution in [0, 0.1) is 11.8 Å². The topological polar surface area (TPSA) is 278 Å². The molecule has 0 spiro atoms. The molecule has 0 aliphatic carbocycles. The first-order valence-corrected chi connectivity index (χ1v) is 17.7. The number of carbonyl (C=O) groups excluding carboxylic acids is 5. The van der Waals surface area contributed by atoms with Crippen LogP contribution < -0.4 is 26.6 Å². The van der Waals surface area contributed by atoms with Crippen LogP contribution in [0.1, 0.15) is 72.3 Å². The highest BCUT2D eigenvalue weighted by Crippen LogP contribution is 2.16. The number of rotatable bonds is 22. The van der Waals surface area contributed by atoms with Crippen molar-refractivity contribution in [2.45, 2.75) is 109 Å². The molecule has 296 valence electrons. The Morgan fingerprint density at radius 1 is 0.611 bits per heavy atom. The molecule has 0 aliphatic heterocycles. The maximum atomic E-state index is 13.5. The van der Waals surface area contributed by atoms with E-state index in [9.17, 15) is 58.8 Å². The second-order valence-corrected chi connectivity index (χ2v) is 13.6. The lowest BCUT2D eigenvalue weighted by molar-refractivity contribution is -0.144. The van der Waals surface area contributed by atoms with Gasteiger partial charge in [-0.15, -0.1) is 0 Å². The molecule has 2 aromatic carbocycles. The van der Waals surface area contributed by atoms with Crippen molar-refractivity contribution in [3.63, 3.8) is 0 Å². The van der Waals surface area contributed by atoms with E-state index in [-0.39, 0.29) is 6.42 Å². The molecular weight excluding hydrogens is 706 g/mol. The average molecular weight is 758 g/mol. The van der Waals surface area contributed by atoms with E-state index in [4.69, 9.17) is 0 Å². The second-order valence-electron chi connectivity index (χ2n) is 13.6. The molecule has 0 heterocycles. The number of aliphatic hydroxyl groups is 1. The molecule has 0 bridgehead atoms. The standard InChI is InChI=1S/C37H51N5O12/c1-6-20(4)31(37(53)54)41-34(50)26(14-16-29(47)48)38-33(49)25(13-15-28(45)46)39-36(52)32(21(5)43)42-35(51)30(19(2)3)40-27(44)18-22-11-12-23-9-7-8-10-24(23)17-22/h7-12,17,19-21,25-26,30-32,43H,6,13-16,18H2,1-5H3,(H,38,49)(H,39,52)(H,40,44)(H,41,50)(H,42,51)(H,45,46)(H,47,48)(H,53,54)/t20-,21+,25-,26-,30-,31-,32-/m0/s1. The molecule has 0 unspecified atom stereocenters. The van der Waals surface area contributed by atoms with Gasteiger partial charge < -0.3 is 47.0 Å². The van der Waals surface area contributed by atoms with Gasteiger partial charge >= 0.3 is 17.9 Å². The van der Waals surface area contributed by atoms with Gasteiger partial charge in [0.1, 0.15) is 30.2 Å². The number of nitrogens with one attached hydrogen (secondary N) is 5. The van der Waals surface area contributed by atoms with Crippen LogP contribution in [0.2, 0.25) is 0 Å². The van der Waals surface area contributed by atoms with Gasteiger partial charge in [0, 0.05) is 12.8 Å². The zero-order chi connectivity index (χ0) is 40.7. The number of aliphatic carboxylic acids is 3. The molecule has 2 rings (SSSR count). The van der Waals surface area contributed by atoms with Gasteiger partial charge in [-0.2, -0.15) is 0 Å². The summed E-state index contributed by atoms with van der Waals surface area (Å²) in [5, 5.41) is 52.5. The normalized spacial score (nSPS) is 15.0. The fourth-order valence-corrected chi connectivity index (χ4v) is 5.49. The van der Waals surface area contributed by atoms with Crippen molar-refractivity contribution in [3.8, 4) is 0 Å². The summed E-state index contributed by atoms with van der Waals surface area (Å²) in [6, 6.07) is 5.61. The second kappa shape index (κ2) is 21.2. The lowest BCUT2D eigenvalue weighted by Crippen LogP contribution is -2.61. The van der Waals surface area contributed by atoms with E-state index in [2.05, 4.69) is 26.6 Å². The van der Waals surface area contributed by atoms with E-state index in [1.54, 1.807) is 33.8 Å². The van der Waals surface area contributed by atoms with E-state index in [1.807, 2.05) is 36.4 Å². The Hall–Kier alpha value is -5.58. The minimum absolute atomic E-state index is 0.0535. The third kappa shape index (κ3) is 14.1. The Morgan fingerprint density at radius 2 is 1.11 bits per heavy atom. The summed E-state index contributed by atoms with van der Waals surface area (Å²) in [4.78, 5) is 101. The maximum absolute atomic E-state index is 13.5. The number of amides is 5. The highest BCUT2D eigenvalue weighted by Gasteiger charge is 2.35. The number of carbonyl (C=O) groups is 8. The first-order valence-electron chi connectivity index (χ1n) is 17.7. The molecule has 0 saturated carbocycles. The van der Waals surface area contributed by atoms with Crippen molar-refractivity contribution in [1.82, 2.24) is 26.6 Å². The van der Waals surface area contributed by atoms with Crippen LogP contribution in [0.4, 0.5) is 0 Å². The van der Waals surface area contributed by atoms with Crippen LogP contribution >= 0.6 is 0 Å². The molecule has 54 heavy (non-hydrogen) atoms. The number of hydrogen-bond acceptors (Lipinski definition) is 9. The van der Waals surface area contributed by atoms with Crippen molar-refractivity contribution < 1.29 is 58.8 Å². The molecule has 0 saturated heterocycles. The zero-order valence-corrected chi connectivity index (χ0v) is 31.0. The molecule has 7 atom stereocenters. The van der Waals surface area contributed by atoms with E-state index >= 15 is 0 Å². The lowest BCUT2D eigenvalue weighted by atomic mass is 9.98. The summed E-state index contributed by atoms with van der Waals surface area (Å²) in [6.45, 7) is 7.76. The third-order valence-electron chi connectivity index (χ3n) is 8.84. The van der Waals surface area contributed by atoms with Crippen molar-refractivity contribution >= 4 is 58.2 Å². The molecule has 0 aliphatic rings. The maximum Gasteiger partial charge on any atom is 0.326 e. The van der Waals surface area contributed by atoms with Gasteiger partial charge in [0.25, 0.3) is 0 Å². The summed E-state index contributed by atoms with van der Waals surface area (Å²) in [7, 11) is 0. The predicted molar refractivity (Wildman–Crippen MR) is 195 cm³/mol. The van der Waals surface area contributed by atoms with E-state index in [1.165, 1.54) is 6.92 Å². The molecule has 0 radical (unpaired) electrons. The van der Waals surface area contributed by atoms with E-state index in [0.717, 1.165) is 10.8 Å². The van der Waals surface area contributed by atoms with Crippen molar-refractivity contribution in [2.75, 3.05) is 0 Å². The highest BCUT2D eigenvalue weighted by atomic mass is 16.4. The van der Waals surface area contributed by atoms with Crippen molar-refractivity contribution in [3.05, 3.63) is 48.0 Å². The van der Waals surface area contributed by atoms with Gasteiger partial charge in [-0.05, 0) is 47.9 Å².